The van der Waals surface area contributed by atoms with Crippen molar-refractivity contribution in [2.45, 2.75) is 26.3 Å². The molecule has 0 atom stereocenters. The highest BCUT2D eigenvalue weighted by molar-refractivity contribution is 7.16. The molecule has 0 unspecified atom stereocenters. The van der Waals surface area contributed by atoms with Crippen molar-refractivity contribution < 1.29 is 14.3 Å². The van der Waals surface area contributed by atoms with Gasteiger partial charge in [0.1, 0.15) is 6.54 Å². The highest BCUT2D eigenvalue weighted by Crippen LogP contribution is 2.23. The second kappa shape index (κ2) is 7.25. The van der Waals surface area contributed by atoms with Gasteiger partial charge >= 0.3 is 5.97 Å². The van der Waals surface area contributed by atoms with E-state index in [9.17, 15) is 9.59 Å². The van der Waals surface area contributed by atoms with Crippen LogP contribution in [0.25, 0.3) is 10.2 Å². The minimum Gasteiger partial charge on any atom is -0.468 e. The second-order valence-electron chi connectivity index (χ2n) is 6.22. The van der Waals surface area contributed by atoms with Crippen LogP contribution in [0.5, 0.6) is 0 Å². The van der Waals surface area contributed by atoms with Gasteiger partial charge in [-0.1, -0.05) is 31.3 Å². The van der Waals surface area contributed by atoms with Crippen LogP contribution in [0.4, 0.5) is 0 Å². The molecular formula is C18H20N4O3S. The van der Waals surface area contributed by atoms with Crippen molar-refractivity contribution in [3.8, 4) is 0 Å². The van der Waals surface area contributed by atoms with Gasteiger partial charge in [0, 0.05) is 13.2 Å². The highest BCUT2D eigenvalue weighted by Gasteiger charge is 2.14. The molecule has 26 heavy (non-hydrogen) atoms. The van der Waals surface area contributed by atoms with Crippen molar-refractivity contribution in [3.63, 3.8) is 0 Å². The van der Waals surface area contributed by atoms with Crippen LogP contribution in [0, 0.1) is 0 Å². The summed E-state index contributed by atoms with van der Waals surface area (Å²) in [4.78, 5) is 28.9. The molecular weight excluding hydrogens is 352 g/mol. The first-order valence-corrected chi connectivity index (χ1v) is 8.99. The molecule has 0 bridgehead atoms. The molecule has 0 saturated heterocycles. The summed E-state index contributed by atoms with van der Waals surface area (Å²) in [7, 11) is 3.07. The molecule has 1 aromatic carbocycles. The number of hydrogen-bond donors (Lipinski definition) is 0. The first kappa shape index (κ1) is 18.1. The van der Waals surface area contributed by atoms with Crippen LogP contribution in [0.15, 0.2) is 35.5 Å². The number of methoxy groups -OCH3 is 1. The third-order valence-corrected chi connectivity index (χ3v) is 5.06. The Balaban J connectivity index is 2.15. The number of carbonyl (C=O) groups excluding carboxylic acids is 2. The molecule has 136 valence electrons. The lowest BCUT2D eigenvalue weighted by Crippen LogP contribution is -2.22. The van der Waals surface area contributed by atoms with Gasteiger partial charge < -0.3 is 9.30 Å². The predicted octanol–water partition coefficient (Wildman–Crippen LogP) is 2.47. The largest absolute Gasteiger partial charge is 0.468 e. The molecule has 3 rings (SSSR count). The second-order valence-corrected chi connectivity index (χ2v) is 7.23. The molecule has 2 aromatic heterocycles. The van der Waals surface area contributed by atoms with Crippen molar-refractivity contribution in [3.05, 3.63) is 46.5 Å². The minimum absolute atomic E-state index is 0.00808. The van der Waals surface area contributed by atoms with Gasteiger partial charge in [0.2, 0.25) is 0 Å². The SMILES string of the molecule is COC(=O)Cn1c(=NC(=O)c2ccn(C)n2)sc2cc(C(C)C)ccc21. The summed E-state index contributed by atoms with van der Waals surface area (Å²) in [6.45, 7) is 4.23. The molecule has 0 spiro atoms. The van der Waals surface area contributed by atoms with Gasteiger partial charge in [0.25, 0.3) is 5.91 Å². The van der Waals surface area contributed by atoms with Crippen LogP contribution in [-0.2, 0) is 23.1 Å². The Hall–Kier alpha value is -2.74. The first-order chi connectivity index (χ1) is 12.4. The van der Waals surface area contributed by atoms with Crippen LogP contribution in [0.2, 0.25) is 0 Å². The number of hydrogen-bond acceptors (Lipinski definition) is 5. The molecule has 8 heteroatoms. The number of benzene rings is 1. The standard InChI is InChI=1S/C18H20N4O3S/c1-11(2)12-5-6-14-15(9-12)26-18(22(14)10-16(23)25-4)19-17(24)13-7-8-21(3)20-13/h5-9,11H,10H2,1-4H3. The van der Waals surface area contributed by atoms with E-state index < -0.39 is 11.9 Å². The zero-order valence-corrected chi connectivity index (χ0v) is 15.9. The van der Waals surface area contributed by atoms with E-state index in [2.05, 4.69) is 30.0 Å². The molecule has 0 saturated carbocycles. The van der Waals surface area contributed by atoms with Crippen molar-refractivity contribution in [2.24, 2.45) is 12.0 Å². The molecule has 0 radical (unpaired) electrons. The van der Waals surface area contributed by atoms with Crippen molar-refractivity contribution in [2.75, 3.05) is 7.11 Å². The van der Waals surface area contributed by atoms with Crippen LogP contribution in [-0.4, -0.2) is 33.3 Å². The Bertz CT molecular complexity index is 1040. The number of thiazole rings is 1. The number of fused-ring (bicyclic) bond motifs is 1. The Morgan fingerprint density at radius 2 is 2.08 bits per heavy atom. The van der Waals surface area contributed by atoms with Crippen molar-refractivity contribution >= 4 is 33.4 Å². The lowest BCUT2D eigenvalue weighted by Gasteiger charge is -2.06. The normalized spacial score (nSPS) is 12.1. The van der Waals surface area contributed by atoms with E-state index in [-0.39, 0.29) is 12.2 Å². The molecule has 0 aliphatic rings. The van der Waals surface area contributed by atoms with Gasteiger partial charge in [-0.2, -0.15) is 10.1 Å². The summed E-state index contributed by atoms with van der Waals surface area (Å²) in [5.41, 5.74) is 2.29. The first-order valence-electron chi connectivity index (χ1n) is 8.18. The summed E-state index contributed by atoms with van der Waals surface area (Å²) in [6, 6.07) is 7.66. The number of nitrogens with zero attached hydrogens (tertiary/aromatic N) is 4. The van der Waals surface area contributed by atoms with Gasteiger partial charge in [-0.15, -0.1) is 0 Å². The third kappa shape index (κ3) is 3.60. The summed E-state index contributed by atoms with van der Waals surface area (Å²) in [5, 5.41) is 4.08. The van der Waals surface area contributed by atoms with E-state index in [0.717, 1.165) is 10.2 Å². The number of aromatic nitrogens is 3. The van der Waals surface area contributed by atoms with E-state index in [1.807, 2.05) is 12.1 Å². The van der Waals surface area contributed by atoms with Crippen molar-refractivity contribution in [1.29, 1.82) is 0 Å². The van der Waals surface area contributed by atoms with E-state index in [4.69, 9.17) is 4.74 Å². The summed E-state index contributed by atoms with van der Waals surface area (Å²) < 4.78 is 9.00. The predicted molar refractivity (Wildman–Crippen MR) is 99.0 cm³/mol. The average molecular weight is 372 g/mol. The Kier molecular flexibility index (Phi) is 5.03. The molecule has 0 aliphatic carbocycles. The quantitative estimate of drug-likeness (QED) is 0.659. The fourth-order valence-electron chi connectivity index (χ4n) is 2.55. The molecule has 7 nitrogen and oxygen atoms in total. The Morgan fingerprint density at radius 1 is 1.31 bits per heavy atom. The van der Waals surface area contributed by atoms with Crippen LogP contribution >= 0.6 is 11.3 Å². The minimum atomic E-state index is -0.445. The lowest BCUT2D eigenvalue weighted by molar-refractivity contribution is -0.141. The number of esters is 1. The van der Waals surface area contributed by atoms with Gasteiger partial charge in [-0.25, -0.2) is 0 Å². The molecule has 2 heterocycles. The van der Waals surface area contributed by atoms with E-state index >= 15 is 0 Å². The van der Waals surface area contributed by atoms with Gasteiger partial charge in [0.15, 0.2) is 10.5 Å². The van der Waals surface area contributed by atoms with Crippen LogP contribution < -0.4 is 4.80 Å². The smallest absolute Gasteiger partial charge is 0.325 e. The highest BCUT2D eigenvalue weighted by atomic mass is 32.1. The summed E-state index contributed by atoms with van der Waals surface area (Å²) in [6.07, 6.45) is 1.69. The fourth-order valence-corrected chi connectivity index (χ4v) is 3.63. The van der Waals surface area contributed by atoms with Crippen LogP contribution in [0.3, 0.4) is 0 Å². The van der Waals surface area contributed by atoms with E-state index in [0.29, 0.717) is 10.7 Å². The van der Waals surface area contributed by atoms with E-state index in [1.165, 1.54) is 24.0 Å². The molecule has 0 fully saturated rings. The molecule has 0 N–H and O–H groups in total. The average Bonchev–Trinajstić information content (AvgIpc) is 3.18. The number of carbonyl (C=O) groups is 2. The summed E-state index contributed by atoms with van der Waals surface area (Å²) in [5.74, 6) is -0.463. The monoisotopic (exact) mass is 372 g/mol. The Morgan fingerprint density at radius 3 is 2.69 bits per heavy atom. The third-order valence-electron chi connectivity index (χ3n) is 4.02. The molecule has 1 amide bonds. The zero-order chi connectivity index (χ0) is 18.8. The van der Waals surface area contributed by atoms with Gasteiger partial charge in [0.05, 0.1) is 17.3 Å². The summed E-state index contributed by atoms with van der Waals surface area (Å²) >= 11 is 1.37. The maximum absolute atomic E-state index is 12.4. The van der Waals surface area contributed by atoms with Crippen LogP contribution in [0.1, 0.15) is 35.8 Å². The topological polar surface area (TPSA) is 78.5 Å². The van der Waals surface area contributed by atoms with Crippen molar-refractivity contribution in [1.82, 2.24) is 14.3 Å². The number of aryl methyl sites for hydroxylation is 1. The number of rotatable bonds is 4. The fraction of sp³-hybridized carbons (Fsp3) is 0.333. The molecule has 0 aliphatic heterocycles. The number of amides is 1. The maximum atomic E-state index is 12.4. The Labute approximate surface area is 154 Å². The van der Waals surface area contributed by atoms with Gasteiger partial charge in [-0.05, 0) is 29.7 Å². The number of ether oxygens (including phenoxy) is 1. The van der Waals surface area contributed by atoms with Gasteiger partial charge in [-0.3, -0.25) is 14.3 Å². The maximum Gasteiger partial charge on any atom is 0.325 e. The molecule has 3 aromatic rings. The zero-order valence-electron chi connectivity index (χ0n) is 15.1. The lowest BCUT2D eigenvalue weighted by atomic mass is 10.0. The van der Waals surface area contributed by atoms with E-state index in [1.54, 1.807) is 28.6 Å².